The number of carbonyl (C=O) groups is 1. The van der Waals surface area contributed by atoms with Gasteiger partial charge in [0.1, 0.15) is 5.69 Å². The second-order valence-electron chi connectivity index (χ2n) is 5.50. The molecule has 3 rings (SSSR count). The van der Waals surface area contributed by atoms with E-state index < -0.39 is 0 Å². The zero-order valence-corrected chi connectivity index (χ0v) is 13.1. The van der Waals surface area contributed by atoms with Gasteiger partial charge in [-0.05, 0) is 35.4 Å². The zero-order valence-electron chi connectivity index (χ0n) is 13.1. The van der Waals surface area contributed by atoms with Crippen LogP contribution in [0, 0.1) is 11.3 Å². The van der Waals surface area contributed by atoms with Crippen LogP contribution in [0.1, 0.15) is 27.2 Å². The Balaban J connectivity index is 1.67. The van der Waals surface area contributed by atoms with Crippen LogP contribution in [0.3, 0.4) is 0 Å². The molecule has 0 fully saturated rings. The second-order valence-corrected chi connectivity index (χ2v) is 5.50. The average Bonchev–Trinajstić information content (AvgIpc) is 3.09. The van der Waals surface area contributed by atoms with Crippen molar-refractivity contribution < 1.29 is 4.79 Å². The molecule has 4 nitrogen and oxygen atoms in total. The first kappa shape index (κ1) is 15.6. The van der Waals surface area contributed by atoms with E-state index in [0.29, 0.717) is 24.3 Å². The lowest BCUT2D eigenvalue weighted by Crippen LogP contribution is -2.25. The topological polar surface area (TPSA) is 57.8 Å². The Morgan fingerprint density at radius 1 is 1.00 bits per heavy atom. The van der Waals surface area contributed by atoms with Crippen molar-refractivity contribution in [3.63, 3.8) is 0 Å². The maximum Gasteiger partial charge on any atom is 0.268 e. The Bertz CT molecular complexity index is 875. The molecule has 0 spiro atoms. The van der Waals surface area contributed by atoms with Gasteiger partial charge in [0.25, 0.3) is 5.91 Å². The molecule has 118 valence electrons. The maximum absolute atomic E-state index is 12.4. The molecular weight excluding hydrogens is 298 g/mol. The second kappa shape index (κ2) is 7.30. The van der Waals surface area contributed by atoms with Crippen molar-refractivity contribution in [1.29, 1.82) is 5.26 Å². The molecular formula is C20H17N3O. The molecule has 1 amide bonds. The van der Waals surface area contributed by atoms with Gasteiger partial charge in [-0.3, -0.25) is 4.79 Å². The van der Waals surface area contributed by atoms with E-state index in [0.717, 1.165) is 11.1 Å². The normalized spacial score (nSPS) is 10.1. The molecule has 1 N–H and O–H groups in total. The molecule has 0 saturated carbocycles. The van der Waals surface area contributed by atoms with E-state index in [1.54, 1.807) is 12.1 Å². The predicted molar refractivity (Wildman–Crippen MR) is 92.3 cm³/mol. The van der Waals surface area contributed by atoms with Crippen LogP contribution in [0.25, 0.3) is 0 Å². The molecule has 0 aliphatic carbocycles. The third-order valence-corrected chi connectivity index (χ3v) is 3.77. The van der Waals surface area contributed by atoms with Gasteiger partial charge in [0.2, 0.25) is 0 Å². The van der Waals surface area contributed by atoms with Crippen LogP contribution in [-0.4, -0.2) is 10.5 Å². The highest BCUT2D eigenvalue weighted by molar-refractivity contribution is 5.92. The van der Waals surface area contributed by atoms with Crippen LogP contribution >= 0.6 is 0 Å². The molecule has 3 aromatic rings. The molecule has 0 aliphatic rings. The van der Waals surface area contributed by atoms with Gasteiger partial charge in [0.15, 0.2) is 0 Å². The molecule has 2 aromatic carbocycles. The molecule has 24 heavy (non-hydrogen) atoms. The van der Waals surface area contributed by atoms with Crippen molar-refractivity contribution in [1.82, 2.24) is 9.88 Å². The van der Waals surface area contributed by atoms with Crippen LogP contribution in [0.15, 0.2) is 72.9 Å². The van der Waals surface area contributed by atoms with Crippen LogP contribution in [0.5, 0.6) is 0 Å². The highest BCUT2D eigenvalue weighted by Crippen LogP contribution is 2.09. The molecule has 0 radical (unpaired) electrons. The van der Waals surface area contributed by atoms with Crippen molar-refractivity contribution in [2.45, 2.75) is 13.1 Å². The minimum atomic E-state index is -0.127. The minimum absolute atomic E-state index is 0.127. The fraction of sp³-hybridized carbons (Fsp3) is 0.100. The highest BCUT2D eigenvalue weighted by atomic mass is 16.1. The van der Waals surface area contributed by atoms with Gasteiger partial charge in [-0.15, -0.1) is 0 Å². The molecule has 0 aliphatic heterocycles. The number of rotatable bonds is 5. The summed E-state index contributed by atoms with van der Waals surface area (Å²) in [6, 6.07) is 23.0. The first-order valence-corrected chi connectivity index (χ1v) is 7.72. The predicted octanol–water partition coefficient (Wildman–Crippen LogP) is 3.34. The van der Waals surface area contributed by atoms with Crippen molar-refractivity contribution in [2.75, 3.05) is 0 Å². The lowest BCUT2D eigenvalue weighted by molar-refractivity contribution is 0.0942. The quantitative estimate of drug-likeness (QED) is 0.785. The highest BCUT2D eigenvalue weighted by Gasteiger charge is 2.10. The molecule has 0 unspecified atom stereocenters. The Labute approximate surface area is 141 Å². The van der Waals surface area contributed by atoms with Crippen LogP contribution in [0.4, 0.5) is 0 Å². The summed E-state index contributed by atoms with van der Waals surface area (Å²) in [5.74, 6) is -0.127. The molecule has 0 saturated heterocycles. The first-order chi connectivity index (χ1) is 11.8. The Hall–Kier alpha value is -3.32. The number of carbonyl (C=O) groups excluding carboxylic acids is 1. The average molecular weight is 315 g/mol. The van der Waals surface area contributed by atoms with E-state index in [2.05, 4.69) is 11.4 Å². The Kier molecular flexibility index (Phi) is 4.73. The third kappa shape index (κ3) is 3.71. The first-order valence-electron chi connectivity index (χ1n) is 7.72. The van der Waals surface area contributed by atoms with Crippen molar-refractivity contribution in [3.05, 3.63) is 95.3 Å². The van der Waals surface area contributed by atoms with Crippen LogP contribution in [0.2, 0.25) is 0 Å². The van der Waals surface area contributed by atoms with Crippen LogP contribution in [-0.2, 0) is 13.1 Å². The van der Waals surface area contributed by atoms with E-state index in [1.165, 1.54) is 0 Å². The van der Waals surface area contributed by atoms with E-state index in [1.807, 2.05) is 65.4 Å². The summed E-state index contributed by atoms with van der Waals surface area (Å²) in [5.41, 5.74) is 3.26. The number of benzene rings is 2. The summed E-state index contributed by atoms with van der Waals surface area (Å²) < 4.78 is 1.93. The monoisotopic (exact) mass is 315 g/mol. The molecule has 0 atom stereocenters. The number of hydrogen-bond acceptors (Lipinski definition) is 2. The SMILES string of the molecule is N#Cc1cccc(CNC(=O)c2cccn2Cc2ccccc2)c1. The summed E-state index contributed by atoms with van der Waals surface area (Å²) in [4.78, 5) is 12.4. The number of nitrogens with one attached hydrogen (secondary N) is 1. The van der Waals surface area contributed by atoms with Gasteiger partial charge >= 0.3 is 0 Å². The summed E-state index contributed by atoms with van der Waals surface area (Å²) in [5, 5.41) is 11.8. The largest absolute Gasteiger partial charge is 0.347 e. The number of hydrogen-bond donors (Lipinski definition) is 1. The lowest BCUT2D eigenvalue weighted by atomic mass is 10.1. The third-order valence-electron chi connectivity index (χ3n) is 3.77. The number of nitrogens with zero attached hydrogens (tertiary/aromatic N) is 2. The van der Waals surface area contributed by atoms with Gasteiger partial charge < -0.3 is 9.88 Å². The Morgan fingerprint density at radius 3 is 2.58 bits per heavy atom. The molecule has 1 heterocycles. The van der Waals surface area contributed by atoms with Gasteiger partial charge in [0, 0.05) is 19.3 Å². The summed E-state index contributed by atoms with van der Waals surface area (Å²) in [6.45, 7) is 1.05. The lowest BCUT2D eigenvalue weighted by Gasteiger charge is -2.10. The Morgan fingerprint density at radius 2 is 1.79 bits per heavy atom. The molecule has 4 heteroatoms. The van der Waals surface area contributed by atoms with E-state index >= 15 is 0 Å². The van der Waals surface area contributed by atoms with E-state index in [4.69, 9.17) is 5.26 Å². The van der Waals surface area contributed by atoms with Crippen LogP contribution < -0.4 is 5.32 Å². The summed E-state index contributed by atoms with van der Waals surface area (Å²) in [7, 11) is 0. The summed E-state index contributed by atoms with van der Waals surface area (Å²) >= 11 is 0. The summed E-state index contributed by atoms with van der Waals surface area (Å²) in [6.07, 6.45) is 1.90. The number of amides is 1. The van der Waals surface area contributed by atoms with Gasteiger partial charge in [-0.25, -0.2) is 0 Å². The molecule has 1 aromatic heterocycles. The van der Waals surface area contributed by atoms with Gasteiger partial charge in [0.05, 0.1) is 11.6 Å². The number of nitriles is 1. The molecule has 0 bridgehead atoms. The van der Waals surface area contributed by atoms with Crippen molar-refractivity contribution >= 4 is 5.91 Å². The van der Waals surface area contributed by atoms with Gasteiger partial charge in [-0.2, -0.15) is 5.26 Å². The minimum Gasteiger partial charge on any atom is -0.347 e. The van der Waals surface area contributed by atoms with Gasteiger partial charge in [-0.1, -0.05) is 42.5 Å². The maximum atomic E-state index is 12.4. The van der Waals surface area contributed by atoms with Crippen molar-refractivity contribution in [2.24, 2.45) is 0 Å². The fourth-order valence-corrected chi connectivity index (χ4v) is 2.56. The van der Waals surface area contributed by atoms with Crippen molar-refractivity contribution in [3.8, 4) is 6.07 Å². The standard InChI is InChI=1S/C20H17N3O/c21-13-17-8-4-9-18(12-17)14-22-20(24)19-10-5-11-23(19)15-16-6-2-1-3-7-16/h1-12H,14-15H2,(H,22,24). The van der Waals surface area contributed by atoms with E-state index in [-0.39, 0.29) is 5.91 Å². The zero-order chi connectivity index (χ0) is 16.8. The number of aromatic nitrogens is 1. The fourth-order valence-electron chi connectivity index (χ4n) is 2.56. The smallest absolute Gasteiger partial charge is 0.268 e. The van der Waals surface area contributed by atoms with E-state index in [9.17, 15) is 4.79 Å².